The van der Waals surface area contributed by atoms with Crippen LogP contribution in [0, 0.1) is 5.41 Å². The zero-order chi connectivity index (χ0) is 12.6. The molecule has 1 saturated carbocycles. The molecule has 2 atom stereocenters. The Bertz CT molecular complexity index is 445. The molecule has 0 heterocycles. The molecule has 2 rings (SSSR count). The van der Waals surface area contributed by atoms with E-state index in [4.69, 9.17) is 0 Å². The fourth-order valence-corrected chi connectivity index (χ4v) is 2.49. The van der Waals surface area contributed by atoms with Crippen molar-refractivity contribution in [2.45, 2.75) is 32.4 Å². The monoisotopic (exact) mass is 297 g/mol. The lowest BCUT2D eigenvalue weighted by Crippen LogP contribution is -2.61. The topological polar surface area (TPSA) is 49.3 Å². The van der Waals surface area contributed by atoms with Gasteiger partial charge in [-0.1, -0.05) is 26.0 Å². The predicted molar refractivity (Wildman–Crippen MR) is 69.8 cm³/mol. The molecule has 4 heteroatoms. The van der Waals surface area contributed by atoms with Crippen molar-refractivity contribution in [2.75, 3.05) is 0 Å². The Morgan fingerprint density at radius 3 is 2.65 bits per heavy atom. The molecule has 0 radical (unpaired) electrons. The van der Waals surface area contributed by atoms with E-state index in [2.05, 4.69) is 21.2 Å². The number of benzene rings is 1. The standard InChI is InChI=1S/C13H16BrNO2/c1-13(2)10(7-11(13)16)15-12(17)8-5-3-4-6-9(8)14/h3-6,10-11,16H,7H2,1-2H3,(H,15,17). The van der Waals surface area contributed by atoms with E-state index in [1.54, 1.807) is 6.07 Å². The van der Waals surface area contributed by atoms with Gasteiger partial charge >= 0.3 is 0 Å². The Kier molecular flexibility index (Phi) is 3.27. The van der Waals surface area contributed by atoms with Crippen LogP contribution < -0.4 is 5.32 Å². The van der Waals surface area contributed by atoms with Crippen molar-refractivity contribution in [1.29, 1.82) is 0 Å². The van der Waals surface area contributed by atoms with Gasteiger partial charge in [0.1, 0.15) is 0 Å². The van der Waals surface area contributed by atoms with Crippen LogP contribution in [-0.2, 0) is 0 Å². The number of halogens is 1. The Hall–Kier alpha value is -0.870. The third-order valence-corrected chi connectivity index (χ3v) is 4.33. The Labute approximate surface area is 109 Å². The van der Waals surface area contributed by atoms with Gasteiger partial charge in [-0.3, -0.25) is 4.79 Å². The summed E-state index contributed by atoms with van der Waals surface area (Å²) < 4.78 is 0.787. The summed E-state index contributed by atoms with van der Waals surface area (Å²) in [6, 6.07) is 7.37. The van der Waals surface area contributed by atoms with Crippen LogP contribution in [0.1, 0.15) is 30.6 Å². The van der Waals surface area contributed by atoms with Gasteiger partial charge in [-0.15, -0.1) is 0 Å². The highest BCUT2D eigenvalue weighted by atomic mass is 79.9. The number of hydrogen-bond donors (Lipinski definition) is 2. The quantitative estimate of drug-likeness (QED) is 0.880. The van der Waals surface area contributed by atoms with E-state index in [0.717, 1.165) is 4.47 Å². The van der Waals surface area contributed by atoms with E-state index in [1.807, 2.05) is 32.0 Å². The molecule has 92 valence electrons. The van der Waals surface area contributed by atoms with Crippen LogP contribution in [0.5, 0.6) is 0 Å². The third kappa shape index (κ3) is 2.24. The van der Waals surface area contributed by atoms with Gasteiger partial charge in [-0.2, -0.15) is 0 Å². The summed E-state index contributed by atoms with van der Waals surface area (Å²) in [6.45, 7) is 3.93. The van der Waals surface area contributed by atoms with Gasteiger partial charge in [0.2, 0.25) is 0 Å². The van der Waals surface area contributed by atoms with Crippen molar-refractivity contribution in [1.82, 2.24) is 5.32 Å². The first-order chi connectivity index (χ1) is 7.93. The number of aliphatic hydroxyl groups excluding tert-OH is 1. The molecule has 0 bridgehead atoms. The zero-order valence-electron chi connectivity index (χ0n) is 9.90. The summed E-state index contributed by atoms with van der Waals surface area (Å²) in [7, 11) is 0. The Morgan fingerprint density at radius 2 is 2.12 bits per heavy atom. The van der Waals surface area contributed by atoms with Crippen LogP contribution in [-0.4, -0.2) is 23.2 Å². The molecule has 1 aromatic carbocycles. The second-order valence-corrected chi connectivity index (χ2v) is 5.93. The fourth-order valence-electron chi connectivity index (χ4n) is 2.03. The molecule has 1 aromatic rings. The molecule has 0 saturated heterocycles. The van der Waals surface area contributed by atoms with E-state index in [9.17, 15) is 9.90 Å². The maximum absolute atomic E-state index is 12.0. The van der Waals surface area contributed by atoms with Crippen LogP contribution in [0.4, 0.5) is 0 Å². The molecule has 17 heavy (non-hydrogen) atoms. The number of carbonyl (C=O) groups is 1. The molecule has 1 aliphatic rings. The average molecular weight is 298 g/mol. The maximum Gasteiger partial charge on any atom is 0.252 e. The highest BCUT2D eigenvalue weighted by Crippen LogP contribution is 2.40. The number of nitrogens with one attached hydrogen (secondary N) is 1. The molecule has 0 spiro atoms. The highest BCUT2D eigenvalue weighted by Gasteiger charge is 2.48. The lowest BCUT2D eigenvalue weighted by molar-refractivity contribution is -0.0689. The summed E-state index contributed by atoms with van der Waals surface area (Å²) in [6.07, 6.45) is 0.301. The lowest BCUT2D eigenvalue weighted by atomic mass is 9.64. The van der Waals surface area contributed by atoms with Crippen molar-refractivity contribution in [3.63, 3.8) is 0 Å². The van der Waals surface area contributed by atoms with Crippen LogP contribution in [0.3, 0.4) is 0 Å². The number of amides is 1. The molecule has 1 amide bonds. The maximum atomic E-state index is 12.0. The van der Waals surface area contributed by atoms with Gasteiger partial charge in [0, 0.05) is 15.9 Å². The smallest absolute Gasteiger partial charge is 0.252 e. The first-order valence-corrected chi connectivity index (χ1v) is 6.45. The second-order valence-electron chi connectivity index (χ2n) is 5.08. The Morgan fingerprint density at radius 1 is 1.47 bits per heavy atom. The predicted octanol–water partition coefficient (Wildman–Crippen LogP) is 2.34. The third-order valence-electron chi connectivity index (χ3n) is 3.64. The number of rotatable bonds is 2. The molecule has 1 fully saturated rings. The SMILES string of the molecule is CC1(C)C(O)CC1NC(=O)c1ccccc1Br. The van der Waals surface area contributed by atoms with E-state index < -0.39 is 0 Å². The minimum atomic E-state index is -0.327. The molecular formula is C13H16BrNO2. The van der Waals surface area contributed by atoms with E-state index in [1.165, 1.54) is 0 Å². The van der Waals surface area contributed by atoms with Gasteiger partial charge in [-0.05, 0) is 34.5 Å². The number of hydrogen-bond acceptors (Lipinski definition) is 2. The van der Waals surface area contributed by atoms with Crippen molar-refractivity contribution in [3.8, 4) is 0 Å². The van der Waals surface area contributed by atoms with Gasteiger partial charge in [-0.25, -0.2) is 0 Å². The van der Waals surface area contributed by atoms with E-state index in [-0.39, 0.29) is 23.5 Å². The fraction of sp³-hybridized carbons (Fsp3) is 0.462. The van der Waals surface area contributed by atoms with Crippen molar-refractivity contribution in [2.24, 2.45) is 5.41 Å². The van der Waals surface area contributed by atoms with E-state index in [0.29, 0.717) is 12.0 Å². The first kappa shape index (κ1) is 12.6. The average Bonchev–Trinajstić information content (AvgIpc) is 2.29. The zero-order valence-corrected chi connectivity index (χ0v) is 11.5. The molecule has 3 nitrogen and oxygen atoms in total. The summed E-state index contributed by atoms with van der Waals surface area (Å²) in [4.78, 5) is 12.0. The van der Waals surface area contributed by atoms with Crippen molar-refractivity contribution in [3.05, 3.63) is 34.3 Å². The van der Waals surface area contributed by atoms with Crippen LogP contribution in [0.25, 0.3) is 0 Å². The molecular weight excluding hydrogens is 282 g/mol. The number of carbonyl (C=O) groups excluding carboxylic acids is 1. The number of aliphatic hydroxyl groups is 1. The van der Waals surface area contributed by atoms with Crippen LogP contribution in [0.2, 0.25) is 0 Å². The summed E-state index contributed by atoms with van der Waals surface area (Å²) in [5.41, 5.74) is 0.390. The van der Waals surface area contributed by atoms with E-state index >= 15 is 0 Å². The minimum absolute atomic E-state index is 0.0390. The Balaban J connectivity index is 2.07. The van der Waals surface area contributed by atoms with Crippen molar-refractivity contribution < 1.29 is 9.90 Å². The van der Waals surface area contributed by atoms with Gasteiger partial charge in [0.05, 0.1) is 11.7 Å². The normalized spacial score (nSPS) is 26.1. The van der Waals surface area contributed by atoms with Gasteiger partial charge < -0.3 is 10.4 Å². The van der Waals surface area contributed by atoms with Crippen LogP contribution >= 0.6 is 15.9 Å². The molecule has 0 aromatic heterocycles. The minimum Gasteiger partial charge on any atom is -0.392 e. The molecule has 0 aliphatic heterocycles. The largest absolute Gasteiger partial charge is 0.392 e. The highest BCUT2D eigenvalue weighted by molar-refractivity contribution is 9.10. The first-order valence-electron chi connectivity index (χ1n) is 5.66. The molecule has 2 N–H and O–H groups in total. The summed E-state index contributed by atoms with van der Waals surface area (Å²) >= 11 is 3.36. The van der Waals surface area contributed by atoms with Gasteiger partial charge in [0.25, 0.3) is 5.91 Å². The van der Waals surface area contributed by atoms with Crippen LogP contribution in [0.15, 0.2) is 28.7 Å². The molecule has 2 unspecified atom stereocenters. The lowest BCUT2D eigenvalue weighted by Gasteiger charge is -2.49. The molecule has 1 aliphatic carbocycles. The van der Waals surface area contributed by atoms with Gasteiger partial charge in [0.15, 0.2) is 0 Å². The summed E-state index contributed by atoms with van der Waals surface area (Å²) in [5, 5.41) is 12.6. The summed E-state index contributed by atoms with van der Waals surface area (Å²) in [5.74, 6) is -0.0950. The second kappa shape index (κ2) is 4.42. The van der Waals surface area contributed by atoms with Crippen molar-refractivity contribution >= 4 is 21.8 Å².